The number of aromatic nitrogens is 3. The average Bonchev–Trinajstić information content (AvgIpc) is 3.51. The quantitative estimate of drug-likeness (QED) is 0.444. The second-order valence-corrected chi connectivity index (χ2v) is 8.54. The van der Waals surface area contributed by atoms with E-state index >= 15 is 0 Å². The van der Waals surface area contributed by atoms with Crippen molar-refractivity contribution >= 4 is 23.6 Å². The maximum atomic E-state index is 13.0. The van der Waals surface area contributed by atoms with Gasteiger partial charge in [-0.25, -0.2) is 0 Å². The van der Waals surface area contributed by atoms with E-state index in [9.17, 15) is 4.79 Å². The van der Waals surface area contributed by atoms with E-state index in [1.165, 1.54) is 11.8 Å². The lowest BCUT2D eigenvalue weighted by Gasteiger charge is -2.28. The van der Waals surface area contributed by atoms with E-state index in [1.807, 2.05) is 41.8 Å². The molecule has 1 amide bonds. The van der Waals surface area contributed by atoms with Gasteiger partial charge in [0, 0.05) is 19.6 Å². The second kappa shape index (κ2) is 11.0. The normalized spacial score (nSPS) is 13.6. The summed E-state index contributed by atoms with van der Waals surface area (Å²) in [4.78, 5) is 16.8. The minimum atomic E-state index is -0.0843. The van der Waals surface area contributed by atoms with Crippen molar-refractivity contribution in [2.75, 3.05) is 43.5 Å². The zero-order valence-electron chi connectivity index (χ0n) is 18.5. The van der Waals surface area contributed by atoms with E-state index < -0.39 is 0 Å². The van der Waals surface area contributed by atoms with Crippen LogP contribution >= 0.6 is 11.8 Å². The third kappa shape index (κ3) is 5.56. The smallest absolute Gasteiger partial charge is 0.233 e. The molecule has 0 atom stereocenters. The molecular formula is C23H26N6O3S. The van der Waals surface area contributed by atoms with Crippen LogP contribution in [0.15, 0.2) is 52.2 Å². The molecular weight excluding hydrogens is 440 g/mol. The monoisotopic (exact) mass is 466 g/mol. The highest BCUT2D eigenvalue weighted by atomic mass is 32.2. The molecule has 3 heterocycles. The number of thioether (sulfide) groups is 1. The second-order valence-electron chi connectivity index (χ2n) is 7.60. The lowest BCUT2D eigenvalue weighted by atomic mass is 10.2. The number of anilines is 1. The maximum Gasteiger partial charge on any atom is 0.233 e. The van der Waals surface area contributed by atoms with Crippen LogP contribution in [0.25, 0.3) is 5.69 Å². The summed E-state index contributed by atoms with van der Waals surface area (Å²) in [7, 11) is 0. The lowest BCUT2D eigenvalue weighted by Crippen LogP contribution is -2.38. The van der Waals surface area contributed by atoms with Gasteiger partial charge in [0.2, 0.25) is 11.9 Å². The maximum absolute atomic E-state index is 13.0. The molecule has 1 aliphatic heterocycles. The molecule has 3 aromatic rings. The topological polar surface area (TPSA) is 100 Å². The van der Waals surface area contributed by atoms with E-state index in [1.54, 1.807) is 17.2 Å². The van der Waals surface area contributed by atoms with Crippen molar-refractivity contribution in [3.05, 3.63) is 54.0 Å². The summed E-state index contributed by atoms with van der Waals surface area (Å²) < 4.78 is 12.9. The van der Waals surface area contributed by atoms with Crippen LogP contribution in [0.2, 0.25) is 0 Å². The molecule has 2 aromatic heterocycles. The Bertz CT molecular complexity index is 1100. The summed E-state index contributed by atoms with van der Waals surface area (Å²) in [5, 5.41) is 18.5. The molecule has 33 heavy (non-hydrogen) atoms. The number of carbonyl (C=O) groups is 1. The van der Waals surface area contributed by atoms with Crippen LogP contribution in [0, 0.1) is 18.3 Å². The molecule has 0 N–H and O–H groups in total. The van der Waals surface area contributed by atoms with Crippen molar-refractivity contribution in [1.29, 1.82) is 5.26 Å². The summed E-state index contributed by atoms with van der Waals surface area (Å²) in [6.45, 7) is 5.48. The van der Waals surface area contributed by atoms with Crippen molar-refractivity contribution in [2.45, 2.75) is 25.0 Å². The SMILES string of the molecule is Cc1ccccc1-n1c(SCC(=O)N(CCC#N)Cc2ccco2)nnc1N1CCOCC1. The molecule has 1 aliphatic rings. The number of aryl methyl sites for hydroxylation is 1. The number of rotatable bonds is 9. The summed E-state index contributed by atoms with van der Waals surface area (Å²) in [5.74, 6) is 1.53. The molecule has 1 fully saturated rings. The molecule has 0 unspecified atom stereocenters. The van der Waals surface area contributed by atoms with Crippen LogP contribution < -0.4 is 4.90 Å². The number of ether oxygens (including phenoxy) is 1. The average molecular weight is 467 g/mol. The molecule has 172 valence electrons. The number of amides is 1. The Labute approximate surface area is 196 Å². The van der Waals surface area contributed by atoms with E-state index in [0.29, 0.717) is 37.2 Å². The van der Waals surface area contributed by atoms with Gasteiger partial charge in [0.05, 0.1) is 50.0 Å². The van der Waals surface area contributed by atoms with E-state index in [-0.39, 0.29) is 18.1 Å². The van der Waals surface area contributed by atoms with Gasteiger partial charge in [-0.2, -0.15) is 5.26 Å². The number of carbonyl (C=O) groups excluding carboxylic acids is 1. The first kappa shape index (κ1) is 22.9. The minimum absolute atomic E-state index is 0.0843. The van der Waals surface area contributed by atoms with E-state index in [0.717, 1.165) is 30.3 Å². The van der Waals surface area contributed by atoms with Crippen molar-refractivity contribution < 1.29 is 13.9 Å². The fourth-order valence-electron chi connectivity index (χ4n) is 3.63. The summed E-state index contributed by atoms with van der Waals surface area (Å²) >= 11 is 1.34. The Balaban J connectivity index is 1.55. The largest absolute Gasteiger partial charge is 0.467 e. The van der Waals surface area contributed by atoms with Gasteiger partial charge in [-0.15, -0.1) is 10.2 Å². The fraction of sp³-hybridized carbons (Fsp3) is 0.391. The number of furan rings is 1. The first-order chi connectivity index (χ1) is 16.2. The zero-order valence-corrected chi connectivity index (χ0v) is 19.3. The molecule has 0 saturated carbocycles. The van der Waals surface area contributed by atoms with Crippen LogP contribution in [0.4, 0.5) is 5.95 Å². The Morgan fingerprint density at radius 2 is 2.03 bits per heavy atom. The van der Waals surface area contributed by atoms with Crippen LogP contribution in [-0.4, -0.2) is 64.2 Å². The van der Waals surface area contributed by atoms with Crippen LogP contribution in [-0.2, 0) is 16.1 Å². The van der Waals surface area contributed by atoms with Gasteiger partial charge in [-0.05, 0) is 30.7 Å². The van der Waals surface area contributed by atoms with Gasteiger partial charge in [-0.3, -0.25) is 9.36 Å². The Morgan fingerprint density at radius 3 is 2.76 bits per heavy atom. The third-order valence-corrected chi connectivity index (χ3v) is 6.28. The summed E-state index contributed by atoms with van der Waals surface area (Å²) in [6, 6.07) is 13.8. The molecule has 1 saturated heterocycles. The first-order valence-electron chi connectivity index (χ1n) is 10.8. The van der Waals surface area contributed by atoms with E-state index in [2.05, 4.69) is 21.2 Å². The van der Waals surface area contributed by atoms with Crippen molar-refractivity contribution in [1.82, 2.24) is 19.7 Å². The molecule has 0 bridgehead atoms. The number of hydrogen-bond donors (Lipinski definition) is 0. The molecule has 0 aliphatic carbocycles. The van der Waals surface area contributed by atoms with Crippen LogP contribution in [0.1, 0.15) is 17.7 Å². The summed E-state index contributed by atoms with van der Waals surface area (Å²) in [5.41, 5.74) is 2.07. The Hall–Kier alpha value is -3.29. The van der Waals surface area contributed by atoms with Crippen molar-refractivity contribution in [3.8, 4) is 11.8 Å². The van der Waals surface area contributed by atoms with E-state index in [4.69, 9.17) is 14.4 Å². The highest BCUT2D eigenvalue weighted by Crippen LogP contribution is 2.29. The molecule has 0 spiro atoms. The third-order valence-electron chi connectivity index (χ3n) is 5.36. The number of para-hydroxylation sites is 1. The molecule has 1 aromatic carbocycles. The number of nitriles is 1. The van der Waals surface area contributed by atoms with Crippen LogP contribution in [0.3, 0.4) is 0 Å². The van der Waals surface area contributed by atoms with Crippen molar-refractivity contribution in [3.63, 3.8) is 0 Å². The van der Waals surface area contributed by atoms with Gasteiger partial charge in [0.15, 0.2) is 5.16 Å². The highest BCUT2D eigenvalue weighted by molar-refractivity contribution is 7.99. The minimum Gasteiger partial charge on any atom is -0.467 e. The van der Waals surface area contributed by atoms with Crippen molar-refractivity contribution in [2.24, 2.45) is 0 Å². The highest BCUT2D eigenvalue weighted by Gasteiger charge is 2.24. The fourth-order valence-corrected chi connectivity index (χ4v) is 4.48. The standard InChI is InChI=1S/C23H26N6O3S/c1-18-6-2-3-8-20(18)29-22(27-11-14-31-15-12-27)25-26-23(29)33-17-21(30)28(10-5-9-24)16-19-7-4-13-32-19/h2-4,6-8,13H,5,10-12,14-17H2,1H3. The predicted octanol–water partition coefficient (Wildman–Crippen LogP) is 3.04. The Kier molecular flexibility index (Phi) is 7.65. The van der Waals surface area contributed by atoms with Gasteiger partial charge >= 0.3 is 0 Å². The molecule has 10 heteroatoms. The number of hydrogen-bond acceptors (Lipinski definition) is 8. The lowest BCUT2D eigenvalue weighted by molar-refractivity contribution is -0.129. The first-order valence-corrected chi connectivity index (χ1v) is 11.8. The molecule has 9 nitrogen and oxygen atoms in total. The van der Waals surface area contributed by atoms with Crippen LogP contribution in [0.5, 0.6) is 0 Å². The summed E-state index contributed by atoms with van der Waals surface area (Å²) in [6.07, 6.45) is 1.84. The predicted molar refractivity (Wildman–Crippen MR) is 124 cm³/mol. The van der Waals surface area contributed by atoms with Gasteiger partial charge in [-0.1, -0.05) is 30.0 Å². The molecule has 4 rings (SSSR count). The number of morpholine rings is 1. The molecule has 0 radical (unpaired) electrons. The van der Waals surface area contributed by atoms with Gasteiger partial charge in [0.25, 0.3) is 0 Å². The van der Waals surface area contributed by atoms with Gasteiger partial charge in [0.1, 0.15) is 5.76 Å². The number of nitrogens with zero attached hydrogens (tertiary/aromatic N) is 6. The van der Waals surface area contributed by atoms with Gasteiger partial charge < -0.3 is 19.0 Å². The zero-order chi connectivity index (χ0) is 23.0. The number of benzene rings is 1. The Morgan fingerprint density at radius 1 is 1.21 bits per heavy atom.